The predicted octanol–water partition coefficient (Wildman–Crippen LogP) is 0.737. The first-order valence-electron chi connectivity index (χ1n) is 3.63. The van der Waals surface area contributed by atoms with Crippen LogP contribution in [0.25, 0.3) is 0 Å². The van der Waals surface area contributed by atoms with Crippen LogP contribution in [0.15, 0.2) is 0 Å². The third-order valence-corrected chi connectivity index (χ3v) is 1.02. The van der Waals surface area contributed by atoms with Crippen LogP contribution in [0.2, 0.25) is 0 Å². The number of nitrogens with two attached hydrogens (primary N) is 1. The van der Waals surface area contributed by atoms with E-state index in [0.29, 0.717) is 0 Å². The zero-order valence-electron chi connectivity index (χ0n) is 7.39. The molecule has 0 heterocycles. The zero-order chi connectivity index (χ0) is 9.07. The fourth-order valence-corrected chi connectivity index (χ4v) is 0.481. The molecule has 0 saturated carbocycles. The van der Waals surface area contributed by atoms with Crippen LogP contribution in [0.1, 0.15) is 20.8 Å². The number of esters is 1. The van der Waals surface area contributed by atoms with Gasteiger partial charge in [-0.05, 0) is 27.7 Å². The Hall–Kier alpha value is -0.570. The second-order valence-electron chi connectivity index (χ2n) is 3.47. The normalized spacial score (nSPS) is 14.3. The molecule has 0 aliphatic carbocycles. The second kappa shape index (κ2) is 3.72. The lowest BCUT2D eigenvalue weighted by atomic mass is 10.1. The quantitative estimate of drug-likeness (QED) is 0.603. The summed E-state index contributed by atoms with van der Waals surface area (Å²) in [6.45, 7) is 9.21. The van der Waals surface area contributed by atoms with Gasteiger partial charge in [-0.2, -0.15) is 0 Å². The van der Waals surface area contributed by atoms with Crippen LogP contribution >= 0.6 is 0 Å². The Labute approximate surface area is 67.9 Å². The largest absolute Gasteiger partial charge is 0.460 e. The highest BCUT2D eigenvalue weighted by molar-refractivity contribution is 5.73. The van der Waals surface area contributed by atoms with E-state index in [1.54, 1.807) is 0 Å². The molecule has 0 aliphatic rings. The summed E-state index contributed by atoms with van der Waals surface area (Å²) in [5, 5.41) is 0. The Balaban J connectivity index is 3.88. The highest BCUT2D eigenvalue weighted by Crippen LogP contribution is 2.09. The second-order valence-corrected chi connectivity index (χ2v) is 3.47. The van der Waals surface area contributed by atoms with E-state index >= 15 is 0 Å². The Kier molecular flexibility index (Phi) is 3.52. The molecular weight excluding hydrogens is 142 g/mol. The van der Waals surface area contributed by atoms with E-state index in [0.717, 1.165) is 0 Å². The lowest BCUT2D eigenvalue weighted by Gasteiger charge is -2.21. The van der Waals surface area contributed by atoms with Crippen molar-refractivity contribution in [1.29, 1.82) is 0 Å². The fourth-order valence-electron chi connectivity index (χ4n) is 0.481. The third kappa shape index (κ3) is 4.79. The van der Waals surface area contributed by atoms with Gasteiger partial charge in [-0.3, -0.25) is 4.79 Å². The average Bonchev–Trinajstić information content (AvgIpc) is 1.82. The maximum Gasteiger partial charge on any atom is 0.310 e. The molecule has 0 saturated heterocycles. The molecule has 0 unspecified atom stereocenters. The summed E-state index contributed by atoms with van der Waals surface area (Å²) in [4.78, 5) is 11.0. The van der Waals surface area contributed by atoms with Crippen LogP contribution in [0.3, 0.4) is 0 Å². The average molecular weight is 158 g/mol. The molecule has 1 atom stereocenters. The van der Waals surface area contributed by atoms with Gasteiger partial charge in [0, 0.05) is 6.54 Å². The zero-order valence-corrected chi connectivity index (χ0v) is 7.39. The summed E-state index contributed by atoms with van der Waals surface area (Å²) < 4.78 is 5.01. The summed E-state index contributed by atoms with van der Waals surface area (Å²) >= 11 is 0. The van der Waals surface area contributed by atoms with Crippen molar-refractivity contribution in [3.63, 3.8) is 0 Å². The number of hydrogen-bond donors (Lipinski definition) is 1. The molecule has 0 rings (SSSR count). The minimum Gasteiger partial charge on any atom is -0.460 e. The van der Waals surface area contributed by atoms with Gasteiger partial charge in [-0.25, -0.2) is 0 Å². The van der Waals surface area contributed by atoms with Gasteiger partial charge < -0.3 is 10.5 Å². The first-order valence-corrected chi connectivity index (χ1v) is 3.63. The third-order valence-electron chi connectivity index (χ3n) is 1.02. The summed E-state index contributed by atoms with van der Waals surface area (Å²) in [7, 11) is 0. The lowest BCUT2D eigenvalue weighted by Crippen LogP contribution is -2.30. The van der Waals surface area contributed by atoms with Gasteiger partial charge in [0.1, 0.15) is 5.60 Å². The fraction of sp³-hybridized carbons (Fsp3) is 0.750. The molecule has 11 heavy (non-hydrogen) atoms. The van der Waals surface area contributed by atoms with E-state index in [1.807, 2.05) is 20.8 Å². The van der Waals surface area contributed by atoms with E-state index < -0.39 is 11.5 Å². The van der Waals surface area contributed by atoms with Crippen LogP contribution in [-0.2, 0) is 9.53 Å². The number of ether oxygens (including phenoxy) is 1. The van der Waals surface area contributed by atoms with E-state index in [-0.39, 0.29) is 12.5 Å². The number of carbonyl (C=O) groups excluding carboxylic acids is 1. The first-order chi connectivity index (χ1) is 4.87. The lowest BCUT2D eigenvalue weighted by molar-refractivity contribution is -0.157. The molecule has 2 N–H and O–H groups in total. The molecule has 0 aromatic rings. The SMILES string of the molecule is [CH2][C@H](CN)C(=O)OC(C)(C)C. The first kappa shape index (κ1) is 10.4. The highest BCUT2D eigenvalue weighted by Gasteiger charge is 2.20. The molecule has 0 spiro atoms. The molecule has 0 bridgehead atoms. The smallest absolute Gasteiger partial charge is 0.310 e. The number of hydrogen-bond acceptors (Lipinski definition) is 3. The molecule has 65 valence electrons. The summed E-state index contributed by atoms with van der Waals surface area (Å²) in [5.74, 6) is -0.783. The molecule has 3 nitrogen and oxygen atoms in total. The molecule has 0 fully saturated rings. The Morgan fingerprint density at radius 1 is 1.64 bits per heavy atom. The van der Waals surface area contributed by atoms with Crippen LogP contribution in [0, 0.1) is 12.8 Å². The maximum atomic E-state index is 11.0. The molecular formula is C8H16NO2. The number of rotatable bonds is 2. The van der Waals surface area contributed by atoms with Crippen molar-refractivity contribution in [2.75, 3.05) is 6.54 Å². The molecule has 3 heteroatoms. The molecule has 1 radical (unpaired) electrons. The van der Waals surface area contributed by atoms with Crippen LogP contribution in [-0.4, -0.2) is 18.1 Å². The van der Waals surface area contributed by atoms with Gasteiger partial charge in [0.25, 0.3) is 0 Å². The van der Waals surface area contributed by atoms with E-state index in [9.17, 15) is 4.79 Å². The van der Waals surface area contributed by atoms with Crippen molar-refractivity contribution >= 4 is 5.97 Å². The van der Waals surface area contributed by atoms with E-state index in [2.05, 4.69) is 6.92 Å². The van der Waals surface area contributed by atoms with E-state index in [4.69, 9.17) is 10.5 Å². The topological polar surface area (TPSA) is 52.3 Å². The minimum atomic E-state index is -0.450. The van der Waals surface area contributed by atoms with Gasteiger partial charge in [-0.15, -0.1) is 0 Å². The summed E-state index contributed by atoms with van der Waals surface area (Å²) in [6, 6.07) is 0. The van der Waals surface area contributed by atoms with Crippen LogP contribution in [0.5, 0.6) is 0 Å². The number of carbonyl (C=O) groups is 1. The predicted molar refractivity (Wildman–Crippen MR) is 43.7 cm³/mol. The van der Waals surface area contributed by atoms with Crippen molar-refractivity contribution in [3.05, 3.63) is 6.92 Å². The highest BCUT2D eigenvalue weighted by atomic mass is 16.6. The molecule has 0 aromatic carbocycles. The monoisotopic (exact) mass is 158 g/mol. The van der Waals surface area contributed by atoms with Gasteiger partial charge in [0.2, 0.25) is 0 Å². The molecule has 0 aliphatic heterocycles. The van der Waals surface area contributed by atoms with Gasteiger partial charge in [-0.1, -0.05) is 0 Å². The van der Waals surface area contributed by atoms with Crippen molar-refractivity contribution < 1.29 is 9.53 Å². The molecule has 0 aromatic heterocycles. The summed E-state index contributed by atoms with van der Waals surface area (Å²) in [6.07, 6.45) is 0. The maximum absolute atomic E-state index is 11.0. The minimum absolute atomic E-state index is 0.231. The van der Waals surface area contributed by atoms with E-state index in [1.165, 1.54) is 0 Å². The summed E-state index contributed by atoms with van der Waals surface area (Å²) in [5.41, 5.74) is 4.79. The Morgan fingerprint density at radius 2 is 2.09 bits per heavy atom. The van der Waals surface area contributed by atoms with Crippen molar-refractivity contribution in [3.8, 4) is 0 Å². The van der Waals surface area contributed by atoms with Gasteiger partial charge in [0.15, 0.2) is 0 Å². The standard InChI is InChI=1S/C8H16NO2/c1-6(5-9)7(10)11-8(2,3)4/h6H,1,5,9H2,2-4H3/t6-/m1/s1. The van der Waals surface area contributed by atoms with Crippen molar-refractivity contribution in [2.45, 2.75) is 26.4 Å². The van der Waals surface area contributed by atoms with Crippen LogP contribution in [0.4, 0.5) is 0 Å². The Bertz CT molecular complexity index is 138. The Morgan fingerprint density at radius 3 is 2.36 bits per heavy atom. The molecule has 0 amide bonds. The van der Waals surface area contributed by atoms with Crippen molar-refractivity contribution in [2.24, 2.45) is 11.7 Å². The van der Waals surface area contributed by atoms with Gasteiger partial charge in [0.05, 0.1) is 5.92 Å². The van der Waals surface area contributed by atoms with Crippen molar-refractivity contribution in [1.82, 2.24) is 0 Å². The van der Waals surface area contributed by atoms with Crippen LogP contribution < -0.4 is 5.73 Å². The van der Waals surface area contributed by atoms with Gasteiger partial charge >= 0.3 is 5.97 Å².